The van der Waals surface area contributed by atoms with Crippen LogP contribution < -0.4 is 4.90 Å². The maximum atomic E-state index is 10.2. The van der Waals surface area contributed by atoms with Crippen LogP contribution in [0.2, 0.25) is 0 Å². The van der Waals surface area contributed by atoms with E-state index in [1.54, 1.807) is 0 Å². The van der Waals surface area contributed by atoms with Gasteiger partial charge in [-0.2, -0.15) is 5.10 Å². The van der Waals surface area contributed by atoms with Gasteiger partial charge < -0.3 is 19.5 Å². The molecule has 190 valence electrons. The molecule has 4 unspecified atom stereocenters. The zero-order valence-corrected chi connectivity index (χ0v) is 21.0. The van der Waals surface area contributed by atoms with E-state index in [9.17, 15) is 5.11 Å². The quantitative estimate of drug-likeness (QED) is 0.596. The average Bonchev–Trinajstić information content (AvgIpc) is 3.68. The van der Waals surface area contributed by atoms with E-state index in [1.807, 2.05) is 17.8 Å². The lowest BCUT2D eigenvalue weighted by Crippen LogP contribution is -2.46. The van der Waals surface area contributed by atoms with Crippen molar-refractivity contribution in [2.45, 2.75) is 63.3 Å². The number of fused-ring (bicyclic) bond motifs is 3. The van der Waals surface area contributed by atoms with Crippen molar-refractivity contribution < 1.29 is 14.6 Å². The van der Waals surface area contributed by atoms with Crippen molar-refractivity contribution in [2.75, 3.05) is 44.4 Å². The van der Waals surface area contributed by atoms with E-state index in [0.717, 1.165) is 73.9 Å². The topological polar surface area (TPSA) is 88.8 Å². The normalized spacial score (nSPS) is 29.1. The molecule has 7 rings (SSSR count). The molecule has 6 heterocycles. The first-order chi connectivity index (χ1) is 17.5. The van der Waals surface area contributed by atoms with Crippen LogP contribution in [0, 0.1) is 13.8 Å². The Hall–Kier alpha value is -2.59. The molecule has 2 aromatic heterocycles. The van der Waals surface area contributed by atoms with Gasteiger partial charge >= 0.3 is 0 Å². The van der Waals surface area contributed by atoms with E-state index in [0.29, 0.717) is 31.3 Å². The molecule has 4 fully saturated rings. The van der Waals surface area contributed by atoms with Gasteiger partial charge in [-0.15, -0.1) is 0 Å². The number of anilines is 1. The van der Waals surface area contributed by atoms with E-state index >= 15 is 0 Å². The molecule has 0 spiro atoms. The van der Waals surface area contributed by atoms with Gasteiger partial charge in [0, 0.05) is 18.0 Å². The van der Waals surface area contributed by atoms with Crippen LogP contribution in [0.1, 0.15) is 42.1 Å². The lowest BCUT2D eigenvalue weighted by molar-refractivity contribution is 0.0663. The molecule has 0 amide bonds. The minimum absolute atomic E-state index is 0.142. The number of aliphatic hydroxyl groups is 1. The summed E-state index contributed by atoms with van der Waals surface area (Å²) in [6.07, 6.45) is 5.15. The number of benzene rings is 1. The molecule has 4 saturated heterocycles. The highest BCUT2D eigenvalue weighted by atomic mass is 16.5. The third-order valence-corrected chi connectivity index (χ3v) is 8.64. The zero-order valence-electron chi connectivity index (χ0n) is 21.0. The molecule has 0 aliphatic carbocycles. The molecule has 9 heteroatoms. The average molecular weight is 491 g/mol. The Morgan fingerprint density at radius 2 is 1.83 bits per heavy atom. The molecule has 36 heavy (non-hydrogen) atoms. The molecule has 4 aliphatic rings. The number of aryl methyl sites for hydroxylation is 2. The Bertz CT molecular complexity index is 1290. The third kappa shape index (κ3) is 3.80. The Kier molecular flexibility index (Phi) is 5.50. The fourth-order valence-corrected chi connectivity index (χ4v) is 6.72. The number of hydrogen-bond acceptors (Lipinski definition) is 8. The van der Waals surface area contributed by atoms with Crippen LogP contribution in [0.3, 0.4) is 0 Å². The van der Waals surface area contributed by atoms with Crippen LogP contribution in [0.5, 0.6) is 0 Å². The summed E-state index contributed by atoms with van der Waals surface area (Å²) in [7, 11) is 0. The van der Waals surface area contributed by atoms with E-state index in [1.165, 1.54) is 11.1 Å². The van der Waals surface area contributed by atoms with E-state index in [4.69, 9.17) is 24.5 Å². The van der Waals surface area contributed by atoms with Crippen molar-refractivity contribution in [1.82, 2.24) is 24.6 Å². The monoisotopic (exact) mass is 490 g/mol. The molecule has 4 aliphatic heterocycles. The summed E-state index contributed by atoms with van der Waals surface area (Å²) >= 11 is 0. The van der Waals surface area contributed by atoms with Crippen molar-refractivity contribution in [3.8, 4) is 5.82 Å². The van der Waals surface area contributed by atoms with Gasteiger partial charge in [0.05, 0.1) is 55.8 Å². The largest absolute Gasteiger partial charge is 0.389 e. The van der Waals surface area contributed by atoms with Crippen molar-refractivity contribution in [1.29, 1.82) is 0 Å². The molecule has 3 aromatic rings. The van der Waals surface area contributed by atoms with Crippen molar-refractivity contribution in [3.05, 3.63) is 41.3 Å². The number of rotatable bonds is 4. The van der Waals surface area contributed by atoms with E-state index < -0.39 is 0 Å². The molecular formula is C27H34N6O3. The standard InChI is InChI=1S/C27H34N6O3/c1-16-7-19-11-28-33(27-10-26(29-17(2)30-27)32-12-21-8-20(32)13-36-21)23(19)9-22(16)18-3-5-31(6-4-18)24-14-35-15-25(24)34/h7,9-11,18,20-21,24-25,34H,3-6,8,12-15H2,1-2H3. The summed E-state index contributed by atoms with van der Waals surface area (Å²) in [5.41, 5.74) is 3.80. The van der Waals surface area contributed by atoms with Gasteiger partial charge in [0.15, 0.2) is 5.82 Å². The molecule has 2 bridgehead atoms. The Labute approximate surface area is 211 Å². The van der Waals surface area contributed by atoms with Gasteiger partial charge in [-0.25, -0.2) is 14.6 Å². The first-order valence-electron chi connectivity index (χ1n) is 13.3. The predicted molar refractivity (Wildman–Crippen MR) is 136 cm³/mol. The van der Waals surface area contributed by atoms with Gasteiger partial charge in [-0.05, 0) is 75.4 Å². The van der Waals surface area contributed by atoms with Gasteiger partial charge in [0.1, 0.15) is 11.6 Å². The summed E-state index contributed by atoms with van der Waals surface area (Å²) in [6, 6.07) is 7.22. The van der Waals surface area contributed by atoms with Crippen LogP contribution in [-0.2, 0) is 9.47 Å². The number of aromatic nitrogens is 4. The third-order valence-electron chi connectivity index (χ3n) is 8.64. The highest BCUT2D eigenvalue weighted by molar-refractivity contribution is 5.82. The number of morpholine rings is 1. The van der Waals surface area contributed by atoms with Crippen LogP contribution in [0.25, 0.3) is 16.7 Å². The van der Waals surface area contributed by atoms with E-state index in [2.05, 4.69) is 34.9 Å². The minimum Gasteiger partial charge on any atom is -0.389 e. The second kappa shape index (κ2) is 8.76. The summed E-state index contributed by atoms with van der Waals surface area (Å²) in [6.45, 7) is 8.92. The maximum absolute atomic E-state index is 10.2. The van der Waals surface area contributed by atoms with Crippen molar-refractivity contribution >= 4 is 16.7 Å². The van der Waals surface area contributed by atoms with Crippen molar-refractivity contribution in [3.63, 3.8) is 0 Å². The highest BCUT2D eigenvalue weighted by Gasteiger charge is 2.40. The number of aliphatic hydroxyl groups excluding tert-OH is 1. The molecule has 0 saturated carbocycles. The summed E-state index contributed by atoms with van der Waals surface area (Å²) < 4.78 is 13.3. The Morgan fingerprint density at radius 1 is 1.00 bits per heavy atom. The summed E-state index contributed by atoms with van der Waals surface area (Å²) in [4.78, 5) is 14.3. The Morgan fingerprint density at radius 3 is 2.56 bits per heavy atom. The van der Waals surface area contributed by atoms with Gasteiger partial charge in [-0.1, -0.05) is 0 Å². The second-order valence-corrected chi connectivity index (χ2v) is 10.9. The Balaban J connectivity index is 1.18. The number of ether oxygens (including phenoxy) is 2. The predicted octanol–water partition coefficient (Wildman–Crippen LogP) is 2.35. The smallest absolute Gasteiger partial charge is 0.159 e. The number of nitrogens with zero attached hydrogens (tertiary/aromatic N) is 6. The summed E-state index contributed by atoms with van der Waals surface area (Å²) in [5, 5.41) is 16.1. The molecule has 4 atom stereocenters. The van der Waals surface area contributed by atoms with Gasteiger partial charge in [0.25, 0.3) is 0 Å². The fourth-order valence-electron chi connectivity index (χ4n) is 6.72. The van der Waals surface area contributed by atoms with Crippen LogP contribution in [0.4, 0.5) is 5.82 Å². The molecule has 1 N–H and O–H groups in total. The second-order valence-electron chi connectivity index (χ2n) is 10.9. The van der Waals surface area contributed by atoms with Crippen LogP contribution in [-0.4, -0.2) is 93.5 Å². The van der Waals surface area contributed by atoms with Gasteiger partial charge in [0.2, 0.25) is 0 Å². The fraction of sp³-hybridized carbons (Fsp3) is 0.593. The maximum Gasteiger partial charge on any atom is 0.159 e. The van der Waals surface area contributed by atoms with E-state index in [-0.39, 0.29) is 12.1 Å². The lowest BCUT2D eigenvalue weighted by Gasteiger charge is -2.37. The number of hydrogen-bond donors (Lipinski definition) is 1. The highest BCUT2D eigenvalue weighted by Crippen LogP contribution is 2.36. The SMILES string of the molecule is Cc1nc(N2CC3CC2CO3)cc(-n2ncc3cc(C)c(C4CCN(C5COCC5O)CC4)cc32)n1. The van der Waals surface area contributed by atoms with Crippen LogP contribution >= 0.6 is 0 Å². The molecule has 0 radical (unpaired) electrons. The molecule has 9 nitrogen and oxygen atoms in total. The molecular weight excluding hydrogens is 456 g/mol. The first-order valence-corrected chi connectivity index (χ1v) is 13.3. The zero-order chi connectivity index (χ0) is 24.4. The number of piperidine rings is 1. The van der Waals surface area contributed by atoms with Crippen LogP contribution in [0.15, 0.2) is 24.4 Å². The lowest BCUT2D eigenvalue weighted by atomic mass is 9.85. The molecule has 1 aromatic carbocycles. The number of likely N-dealkylation sites (tertiary alicyclic amines) is 1. The van der Waals surface area contributed by atoms with Gasteiger partial charge in [-0.3, -0.25) is 4.90 Å². The minimum atomic E-state index is -0.363. The van der Waals surface area contributed by atoms with Crippen molar-refractivity contribution in [2.24, 2.45) is 0 Å². The first kappa shape index (κ1) is 22.6. The summed E-state index contributed by atoms with van der Waals surface area (Å²) in [5.74, 6) is 3.04.